The highest BCUT2D eigenvalue weighted by molar-refractivity contribution is 6.09. The molecule has 0 radical (unpaired) electrons. The first kappa shape index (κ1) is 22.0. The van der Waals surface area contributed by atoms with Gasteiger partial charge >= 0.3 is 6.03 Å². The summed E-state index contributed by atoms with van der Waals surface area (Å²) >= 11 is 0. The Labute approximate surface area is 179 Å². The molecular weight excluding hydrogens is 401 g/mol. The molecule has 2 N–H and O–H groups in total. The van der Waals surface area contributed by atoms with Crippen LogP contribution in [0.5, 0.6) is 5.75 Å². The van der Waals surface area contributed by atoms with E-state index in [1.807, 2.05) is 6.92 Å². The Kier molecular flexibility index (Phi) is 6.39. The monoisotopic (exact) mass is 425 g/mol. The van der Waals surface area contributed by atoms with E-state index in [1.165, 1.54) is 12.1 Å². The van der Waals surface area contributed by atoms with E-state index in [9.17, 15) is 18.8 Å². The number of urea groups is 1. The van der Waals surface area contributed by atoms with Crippen LogP contribution in [0.2, 0.25) is 0 Å². The van der Waals surface area contributed by atoms with Gasteiger partial charge in [-0.2, -0.15) is 0 Å². The molecular formula is C23H24FN3O4. The topological polar surface area (TPSA) is 87.7 Å². The summed E-state index contributed by atoms with van der Waals surface area (Å²) in [4.78, 5) is 38.5. The van der Waals surface area contributed by atoms with Gasteiger partial charge in [0.1, 0.15) is 30.3 Å². The molecule has 1 fully saturated rings. The minimum atomic E-state index is -1.29. The maximum Gasteiger partial charge on any atom is 0.325 e. The number of hydrogen-bond acceptors (Lipinski definition) is 4. The smallest absolute Gasteiger partial charge is 0.325 e. The van der Waals surface area contributed by atoms with Crippen LogP contribution in [0.1, 0.15) is 25.0 Å². The molecule has 1 heterocycles. The van der Waals surface area contributed by atoms with E-state index < -0.39 is 29.9 Å². The number of amides is 4. The molecule has 1 aliphatic rings. The van der Waals surface area contributed by atoms with Gasteiger partial charge < -0.3 is 15.4 Å². The van der Waals surface area contributed by atoms with Gasteiger partial charge in [0.2, 0.25) is 5.91 Å². The van der Waals surface area contributed by atoms with Crippen molar-refractivity contribution >= 4 is 17.8 Å². The van der Waals surface area contributed by atoms with Crippen molar-refractivity contribution in [3.63, 3.8) is 0 Å². The van der Waals surface area contributed by atoms with E-state index in [-0.39, 0.29) is 12.4 Å². The third kappa shape index (κ3) is 5.09. The molecule has 0 spiro atoms. The number of carbonyl (C=O) groups excluding carboxylic acids is 3. The molecule has 8 heteroatoms. The largest absolute Gasteiger partial charge is 0.489 e. The number of halogens is 1. The summed E-state index contributed by atoms with van der Waals surface area (Å²) in [7, 11) is 0. The second kappa shape index (κ2) is 8.99. The fourth-order valence-corrected chi connectivity index (χ4v) is 3.13. The van der Waals surface area contributed by atoms with E-state index in [1.54, 1.807) is 43.3 Å². The lowest BCUT2D eigenvalue weighted by Gasteiger charge is -2.22. The van der Waals surface area contributed by atoms with Crippen molar-refractivity contribution in [1.29, 1.82) is 0 Å². The number of ether oxygens (including phenoxy) is 1. The fraction of sp³-hybridized carbons (Fsp3) is 0.261. The Hall–Kier alpha value is -3.68. The average Bonchev–Trinajstić information content (AvgIpc) is 2.96. The first-order valence-electron chi connectivity index (χ1n) is 9.72. The van der Waals surface area contributed by atoms with Crippen LogP contribution in [0.25, 0.3) is 0 Å². The van der Waals surface area contributed by atoms with Crippen LogP contribution in [0.4, 0.5) is 9.18 Å². The second-order valence-electron chi connectivity index (χ2n) is 7.62. The zero-order chi connectivity index (χ0) is 22.6. The number of imide groups is 1. The van der Waals surface area contributed by atoms with Gasteiger partial charge in [-0.3, -0.25) is 14.5 Å². The van der Waals surface area contributed by atoms with Gasteiger partial charge in [-0.15, -0.1) is 0 Å². The highest BCUT2D eigenvalue weighted by atomic mass is 19.1. The molecule has 7 nitrogen and oxygen atoms in total. The number of nitrogens with one attached hydrogen (secondary N) is 2. The first-order chi connectivity index (χ1) is 14.7. The molecule has 0 bridgehead atoms. The van der Waals surface area contributed by atoms with Crippen LogP contribution >= 0.6 is 0 Å². The number of benzene rings is 2. The van der Waals surface area contributed by atoms with Crippen molar-refractivity contribution in [1.82, 2.24) is 15.5 Å². The number of rotatable bonds is 8. The minimum Gasteiger partial charge on any atom is -0.489 e. The van der Waals surface area contributed by atoms with Gasteiger partial charge in [0.25, 0.3) is 5.91 Å². The van der Waals surface area contributed by atoms with Gasteiger partial charge in [-0.25, -0.2) is 9.18 Å². The summed E-state index contributed by atoms with van der Waals surface area (Å²) in [6.45, 7) is 7.34. The highest BCUT2D eigenvalue weighted by Gasteiger charge is 2.49. The van der Waals surface area contributed by atoms with Gasteiger partial charge in [-0.1, -0.05) is 30.8 Å². The van der Waals surface area contributed by atoms with Crippen LogP contribution in [-0.2, 0) is 21.7 Å². The SMILES string of the molecule is C=C(C)COc1ccc(C2(C)NC(=O)N(CC(=O)NCc3ccc(F)cc3)C2=O)cc1. The first-order valence-corrected chi connectivity index (χ1v) is 9.72. The molecule has 2 aromatic rings. The molecule has 3 rings (SSSR count). The van der Waals surface area contributed by atoms with E-state index in [2.05, 4.69) is 17.2 Å². The summed E-state index contributed by atoms with van der Waals surface area (Å²) in [6, 6.07) is 11.8. The summed E-state index contributed by atoms with van der Waals surface area (Å²) < 4.78 is 18.5. The molecule has 0 saturated carbocycles. The lowest BCUT2D eigenvalue weighted by molar-refractivity contribution is -0.134. The number of carbonyl (C=O) groups is 3. The van der Waals surface area contributed by atoms with Crippen molar-refractivity contribution in [3.05, 3.63) is 77.6 Å². The maximum atomic E-state index is 13.0. The predicted molar refractivity (Wildman–Crippen MR) is 113 cm³/mol. The van der Waals surface area contributed by atoms with E-state index in [0.29, 0.717) is 23.5 Å². The zero-order valence-corrected chi connectivity index (χ0v) is 17.4. The zero-order valence-electron chi connectivity index (χ0n) is 17.4. The Bertz CT molecular complexity index is 1000. The minimum absolute atomic E-state index is 0.158. The van der Waals surface area contributed by atoms with Gasteiger partial charge in [0.05, 0.1) is 0 Å². The Morgan fingerprint density at radius 3 is 2.42 bits per heavy atom. The van der Waals surface area contributed by atoms with Crippen molar-refractivity contribution in [2.24, 2.45) is 0 Å². The molecule has 1 unspecified atom stereocenters. The Morgan fingerprint density at radius 2 is 1.81 bits per heavy atom. The number of hydrogen-bond donors (Lipinski definition) is 2. The third-order valence-corrected chi connectivity index (χ3v) is 4.90. The lowest BCUT2D eigenvalue weighted by Crippen LogP contribution is -2.43. The average molecular weight is 425 g/mol. The van der Waals surface area contributed by atoms with Crippen LogP contribution in [0.3, 0.4) is 0 Å². The van der Waals surface area contributed by atoms with Crippen molar-refractivity contribution in [2.75, 3.05) is 13.2 Å². The quantitative estimate of drug-likeness (QED) is 0.503. The van der Waals surface area contributed by atoms with Gasteiger partial charge in [0.15, 0.2) is 0 Å². The molecule has 162 valence electrons. The lowest BCUT2D eigenvalue weighted by atomic mass is 9.92. The van der Waals surface area contributed by atoms with E-state index in [4.69, 9.17) is 4.74 Å². The normalized spacial score (nSPS) is 18.0. The number of nitrogens with zero attached hydrogens (tertiary/aromatic N) is 1. The summed E-state index contributed by atoms with van der Waals surface area (Å²) in [5.41, 5.74) is 0.859. The van der Waals surface area contributed by atoms with Crippen molar-refractivity contribution in [2.45, 2.75) is 25.9 Å². The summed E-state index contributed by atoms with van der Waals surface area (Å²) in [5, 5.41) is 5.29. The molecule has 0 aromatic heterocycles. The standard InChI is InChI=1S/C23H24FN3O4/c1-15(2)14-31-19-10-6-17(7-11-19)23(3)21(29)27(22(30)26-23)13-20(28)25-12-16-4-8-18(24)9-5-16/h4-11H,1,12-14H2,2-3H3,(H,25,28)(H,26,30). The summed E-state index contributed by atoms with van der Waals surface area (Å²) in [5.74, 6) is -0.779. The fourth-order valence-electron chi connectivity index (χ4n) is 3.13. The third-order valence-electron chi connectivity index (χ3n) is 4.90. The molecule has 1 aliphatic heterocycles. The molecule has 0 aliphatic carbocycles. The van der Waals surface area contributed by atoms with Crippen molar-refractivity contribution < 1.29 is 23.5 Å². The van der Waals surface area contributed by atoms with E-state index in [0.717, 1.165) is 10.5 Å². The predicted octanol–water partition coefficient (Wildman–Crippen LogP) is 2.86. The maximum absolute atomic E-state index is 13.0. The molecule has 1 atom stereocenters. The van der Waals surface area contributed by atoms with Crippen LogP contribution in [0, 0.1) is 5.82 Å². The van der Waals surface area contributed by atoms with Crippen LogP contribution in [-0.4, -0.2) is 35.9 Å². The van der Waals surface area contributed by atoms with Crippen LogP contribution < -0.4 is 15.4 Å². The Morgan fingerprint density at radius 1 is 1.16 bits per heavy atom. The highest BCUT2D eigenvalue weighted by Crippen LogP contribution is 2.30. The molecule has 4 amide bonds. The Balaban J connectivity index is 1.63. The van der Waals surface area contributed by atoms with Gasteiger partial charge in [-0.05, 0) is 54.8 Å². The molecule has 1 saturated heterocycles. The second-order valence-corrected chi connectivity index (χ2v) is 7.62. The van der Waals surface area contributed by atoms with Crippen LogP contribution in [0.15, 0.2) is 60.7 Å². The van der Waals surface area contributed by atoms with Crippen molar-refractivity contribution in [3.8, 4) is 5.75 Å². The molecule has 31 heavy (non-hydrogen) atoms. The molecule has 2 aromatic carbocycles. The summed E-state index contributed by atoms with van der Waals surface area (Å²) in [6.07, 6.45) is 0. The van der Waals surface area contributed by atoms with Gasteiger partial charge in [0, 0.05) is 6.54 Å². The van der Waals surface area contributed by atoms with E-state index >= 15 is 0 Å².